The van der Waals surface area contributed by atoms with E-state index >= 15 is 0 Å². The molecule has 5 nitrogen and oxygen atoms in total. The molecule has 8 heteroatoms. The molecule has 3 aromatic heterocycles. The van der Waals surface area contributed by atoms with E-state index in [0.717, 1.165) is 26.4 Å². The Morgan fingerprint density at radius 1 is 1.14 bits per heavy atom. The Balaban J connectivity index is 1.57. The first kappa shape index (κ1) is 13.7. The van der Waals surface area contributed by atoms with Crippen molar-refractivity contribution in [2.45, 2.75) is 6.61 Å². The molecule has 4 rings (SSSR count). The van der Waals surface area contributed by atoms with Crippen LogP contribution < -0.4 is 4.74 Å². The van der Waals surface area contributed by atoms with Crippen molar-refractivity contribution >= 4 is 39.2 Å². The van der Waals surface area contributed by atoms with Crippen molar-refractivity contribution in [2.75, 3.05) is 0 Å². The molecule has 0 fully saturated rings. The summed E-state index contributed by atoms with van der Waals surface area (Å²) in [4.78, 5) is 1.81. The van der Waals surface area contributed by atoms with Crippen LogP contribution in [0.2, 0.25) is 5.02 Å². The highest BCUT2D eigenvalue weighted by Crippen LogP contribution is 2.25. The Bertz CT molecular complexity index is 899. The second-order valence-corrected chi connectivity index (χ2v) is 6.86. The minimum Gasteiger partial charge on any atom is -0.486 e. The molecule has 3 heterocycles. The molecule has 0 amide bonds. The van der Waals surface area contributed by atoms with Crippen LogP contribution in [-0.2, 0) is 6.61 Å². The van der Waals surface area contributed by atoms with Gasteiger partial charge in [-0.15, -0.1) is 21.5 Å². The zero-order valence-electron chi connectivity index (χ0n) is 11.1. The van der Waals surface area contributed by atoms with Gasteiger partial charge in [0.05, 0.1) is 4.88 Å². The molecule has 110 valence electrons. The fraction of sp³-hybridized carbons (Fsp3) is 0.0714. The summed E-state index contributed by atoms with van der Waals surface area (Å²) >= 11 is 8.93. The van der Waals surface area contributed by atoms with Crippen LogP contribution in [0.25, 0.3) is 15.7 Å². The largest absolute Gasteiger partial charge is 0.486 e. The van der Waals surface area contributed by atoms with Gasteiger partial charge < -0.3 is 4.74 Å². The quantitative estimate of drug-likeness (QED) is 0.556. The highest BCUT2D eigenvalue weighted by molar-refractivity contribution is 7.16. The average molecular weight is 349 g/mol. The topological polar surface area (TPSA) is 52.3 Å². The molecule has 22 heavy (non-hydrogen) atoms. The highest BCUT2D eigenvalue weighted by Gasteiger charge is 2.14. The molecule has 0 atom stereocenters. The number of ether oxygens (including phenoxy) is 1. The molecule has 0 saturated heterocycles. The third kappa shape index (κ3) is 2.58. The van der Waals surface area contributed by atoms with Crippen LogP contribution in [0, 0.1) is 0 Å². The summed E-state index contributed by atoms with van der Waals surface area (Å²) in [6, 6.07) is 11.2. The fourth-order valence-electron chi connectivity index (χ4n) is 1.95. The first-order chi connectivity index (χ1) is 10.8. The van der Waals surface area contributed by atoms with E-state index in [1.54, 1.807) is 28.0 Å². The van der Waals surface area contributed by atoms with E-state index in [1.807, 2.05) is 29.6 Å². The molecule has 0 saturated carbocycles. The Kier molecular flexibility index (Phi) is 3.53. The van der Waals surface area contributed by atoms with Gasteiger partial charge in [-0.05, 0) is 35.7 Å². The number of fused-ring (bicyclic) bond motifs is 1. The van der Waals surface area contributed by atoms with E-state index in [-0.39, 0.29) is 0 Å². The number of hydrogen-bond acceptors (Lipinski definition) is 6. The summed E-state index contributed by atoms with van der Waals surface area (Å²) < 4.78 is 7.47. The zero-order chi connectivity index (χ0) is 14.9. The second-order valence-electron chi connectivity index (χ2n) is 4.43. The maximum Gasteiger partial charge on any atom is 0.235 e. The van der Waals surface area contributed by atoms with Gasteiger partial charge in [0.25, 0.3) is 0 Å². The van der Waals surface area contributed by atoms with Gasteiger partial charge in [-0.3, -0.25) is 0 Å². The summed E-state index contributed by atoms with van der Waals surface area (Å²) in [6.45, 7) is 0.388. The van der Waals surface area contributed by atoms with E-state index in [1.165, 1.54) is 11.3 Å². The smallest absolute Gasteiger partial charge is 0.235 e. The molecule has 0 bridgehead atoms. The van der Waals surface area contributed by atoms with Gasteiger partial charge in [-0.25, -0.2) is 0 Å². The first-order valence-corrected chi connectivity index (χ1v) is 8.50. The van der Waals surface area contributed by atoms with Crippen molar-refractivity contribution in [3.05, 3.63) is 51.8 Å². The second kappa shape index (κ2) is 5.68. The zero-order valence-corrected chi connectivity index (χ0v) is 13.5. The Labute approximate surface area is 138 Å². The van der Waals surface area contributed by atoms with Crippen LogP contribution in [-0.4, -0.2) is 19.8 Å². The molecule has 1 aromatic carbocycles. The van der Waals surface area contributed by atoms with Gasteiger partial charge in [0.1, 0.15) is 12.4 Å². The number of halogens is 1. The van der Waals surface area contributed by atoms with E-state index in [4.69, 9.17) is 16.3 Å². The van der Waals surface area contributed by atoms with Gasteiger partial charge in [0, 0.05) is 5.02 Å². The number of thiophene rings is 1. The van der Waals surface area contributed by atoms with Gasteiger partial charge in [0.2, 0.25) is 4.96 Å². The third-order valence-corrected chi connectivity index (χ3v) is 4.94. The maximum atomic E-state index is 5.85. The number of rotatable bonds is 4. The average Bonchev–Trinajstić information content (AvgIpc) is 3.22. The van der Waals surface area contributed by atoms with E-state index < -0.39 is 0 Å². The van der Waals surface area contributed by atoms with Crippen LogP contribution in [0.15, 0.2) is 41.8 Å². The molecular formula is C14H9ClN4OS2. The van der Waals surface area contributed by atoms with Crippen molar-refractivity contribution in [3.63, 3.8) is 0 Å². The number of hydrogen-bond donors (Lipinski definition) is 0. The van der Waals surface area contributed by atoms with E-state index in [9.17, 15) is 0 Å². The van der Waals surface area contributed by atoms with Gasteiger partial charge in [-0.2, -0.15) is 9.61 Å². The van der Waals surface area contributed by atoms with Gasteiger partial charge in [0.15, 0.2) is 10.8 Å². The fourth-order valence-corrected chi connectivity index (χ4v) is 3.52. The molecular weight excluding hydrogens is 340 g/mol. The van der Waals surface area contributed by atoms with E-state index in [0.29, 0.717) is 11.6 Å². The predicted octanol–water partition coefficient (Wildman–Crippen LogP) is 4.15. The predicted molar refractivity (Wildman–Crippen MR) is 87.8 cm³/mol. The SMILES string of the molecule is Clc1ccc(OCc2nn3c(-c4cccs4)nnc3s2)cc1. The van der Waals surface area contributed by atoms with Crippen molar-refractivity contribution in [2.24, 2.45) is 0 Å². The molecule has 0 aliphatic carbocycles. The molecule has 4 aromatic rings. The standard InChI is InChI=1S/C14H9ClN4OS2/c15-9-3-5-10(6-4-9)20-8-12-18-19-13(11-2-1-7-21-11)16-17-14(19)22-12/h1-7H,8H2. The van der Waals surface area contributed by atoms with Crippen LogP contribution in [0.3, 0.4) is 0 Å². The minimum absolute atomic E-state index is 0.388. The normalized spacial score (nSPS) is 11.1. The molecule has 0 aliphatic heterocycles. The molecule has 0 spiro atoms. The van der Waals surface area contributed by atoms with Crippen molar-refractivity contribution in [1.29, 1.82) is 0 Å². The molecule has 0 aliphatic rings. The first-order valence-electron chi connectivity index (χ1n) is 6.43. The summed E-state index contributed by atoms with van der Waals surface area (Å²) in [5.41, 5.74) is 0. The Morgan fingerprint density at radius 2 is 2.00 bits per heavy atom. The lowest BCUT2D eigenvalue weighted by molar-refractivity contribution is 0.304. The minimum atomic E-state index is 0.388. The lowest BCUT2D eigenvalue weighted by atomic mass is 10.3. The van der Waals surface area contributed by atoms with Crippen LogP contribution >= 0.6 is 34.3 Å². The number of aromatic nitrogens is 4. The summed E-state index contributed by atoms with van der Waals surface area (Å²) in [7, 11) is 0. The van der Waals surface area contributed by atoms with Crippen molar-refractivity contribution in [3.8, 4) is 16.5 Å². The molecule has 0 radical (unpaired) electrons. The summed E-state index contributed by atoms with van der Waals surface area (Å²) in [5, 5.41) is 16.4. The van der Waals surface area contributed by atoms with Crippen LogP contribution in [0.1, 0.15) is 5.01 Å². The number of benzene rings is 1. The van der Waals surface area contributed by atoms with Gasteiger partial charge in [-0.1, -0.05) is 29.0 Å². The van der Waals surface area contributed by atoms with Gasteiger partial charge >= 0.3 is 0 Å². The highest BCUT2D eigenvalue weighted by atomic mass is 35.5. The monoisotopic (exact) mass is 348 g/mol. The lowest BCUT2D eigenvalue weighted by Gasteiger charge is -2.02. The Hall–Kier alpha value is -1.96. The Morgan fingerprint density at radius 3 is 2.77 bits per heavy atom. The lowest BCUT2D eigenvalue weighted by Crippen LogP contribution is -1.97. The molecule has 0 N–H and O–H groups in total. The van der Waals surface area contributed by atoms with Crippen LogP contribution in [0.4, 0.5) is 0 Å². The summed E-state index contributed by atoms with van der Waals surface area (Å²) in [6.07, 6.45) is 0. The number of nitrogens with zero attached hydrogens (tertiary/aromatic N) is 4. The third-order valence-electron chi connectivity index (χ3n) is 2.95. The van der Waals surface area contributed by atoms with Crippen molar-refractivity contribution in [1.82, 2.24) is 19.8 Å². The summed E-state index contributed by atoms with van der Waals surface area (Å²) in [5.74, 6) is 1.52. The molecule has 0 unspecified atom stereocenters. The van der Waals surface area contributed by atoms with Crippen molar-refractivity contribution < 1.29 is 4.74 Å². The van der Waals surface area contributed by atoms with Crippen LogP contribution in [0.5, 0.6) is 5.75 Å². The van der Waals surface area contributed by atoms with E-state index in [2.05, 4.69) is 15.3 Å². The maximum absolute atomic E-state index is 5.85.